The first kappa shape index (κ1) is 31.6. The van der Waals surface area contributed by atoms with Crippen LogP contribution in [0, 0.1) is 11.7 Å². The molecule has 0 aliphatic carbocycles. The zero-order valence-corrected chi connectivity index (χ0v) is 27.4. The van der Waals surface area contributed by atoms with Gasteiger partial charge in [-0.2, -0.15) is 10.1 Å². The summed E-state index contributed by atoms with van der Waals surface area (Å²) in [6, 6.07) is 1.93. The molecule has 0 radical (unpaired) electrons. The Morgan fingerprint density at radius 3 is 2.98 bits per heavy atom. The normalized spacial score (nSPS) is 25.6. The molecule has 4 aliphatic rings. The summed E-state index contributed by atoms with van der Waals surface area (Å²) in [5.74, 6) is -0.0131. The summed E-state index contributed by atoms with van der Waals surface area (Å²) in [4.78, 5) is 41.7. The Bertz CT molecular complexity index is 1940. The average Bonchev–Trinajstić information content (AvgIpc) is 3.86. The van der Waals surface area contributed by atoms with E-state index in [0.29, 0.717) is 71.6 Å². The number of unbranched alkanes of at least 4 members (excludes halogenated alkanes) is 1. The van der Waals surface area contributed by atoms with Gasteiger partial charge in [0, 0.05) is 60.7 Å². The lowest BCUT2D eigenvalue weighted by Gasteiger charge is -2.32. The number of aromatic amines is 2. The summed E-state index contributed by atoms with van der Waals surface area (Å²) in [5, 5.41) is 11.5. The van der Waals surface area contributed by atoms with E-state index < -0.39 is 23.1 Å². The lowest BCUT2D eigenvalue weighted by Crippen LogP contribution is -2.47. The van der Waals surface area contributed by atoms with Gasteiger partial charge in [-0.3, -0.25) is 29.6 Å². The van der Waals surface area contributed by atoms with Gasteiger partial charge in [0.2, 0.25) is 5.91 Å². The lowest BCUT2D eigenvalue weighted by molar-refractivity contribution is -0.132. The van der Waals surface area contributed by atoms with Crippen molar-refractivity contribution in [1.82, 2.24) is 40.3 Å². The highest BCUT2D eigenvalue weighted by molar-refractivity contribution is 6.33. The van der Waals surface area contributed by atoms with Gasteiger partial charge in [0.05, 0.1) is 22.6 Å². The van der Waals surface area contributed by atoms with Gasteiger partial charge in [-0.1, -0.05) is 11.6 Å². The van der Waals surface area contributed by atoms with E-state index >= 15 is 4.39 Å². The summed E-state index contributed by atoms with van der Waals surface area (Å²) in [5.41, 5.74) is 0.557. The number of fused-ring (bicyclic) bond motifs is 4. The molecule has 3 aromatic heterocycles. The van der Waals surface area contributed by atoms with E-state index in [1.807, 2.05) is 4.90 Å². The molecule has 7 heterocycles. The zero-order chi connectivity index (χ0) is 33.0. The Kier molecular flexibility index (Phi) is 8.32. The summed E-state index contributed by atoms with van der Waals surface area (Å²) in [6.07, 6.45) is 8.50. The number of H-pyrrole nitrogens is 2. The van der Waals surface area contributed by atoms with Gasteiger partial charge in [0.15, 0.2) is 5.82 Å². The van der Waals surface area contributed by atoms with E-state index in [2.05, 4.69) is 35.4 Å². The highest BCUT2D eigenvalue weighted by Gasteiger charge is 2.49. The molecule has 4 saturated heterocycles. The third-order valence-electron chi connectivity index (χ3n) is 11.1. The molecule has 48 heavy (non-hydrogen) atoms. The number of hydrogen-bond donors (Lipinski definition) is 3. The van der Waals surface area contributed by atoms with Crippen molar-refractivity contribution in [3.8, 4) is 17.3 Å². The quantitative estimate of drug-likeness (QED) is 0.220. The van der Waals surface area contributed by atoms with Gasteiger partial charge in [0.25, 0.3) is 11.6 Å². The number of amides is 1. The number of alkyl halides is 1. The number of ether oxygens (including phenoxy) is 1. The van der Waals surface area contributed by atoms with Gasteiger partial charge in [-0.05, 0) is 75.6 Å². The Balaban J connectivity index is 1.05. The first-order valence-corrected chi connectivity index (χ1v) is 17.4. The van der Waals surface area contributed by atoms with E-state index in [-0.39, 0.29) is 41.2 Å². The number of hydrogen-bond acceptors (Lipinski definition) is 8. The fourth-order valence-electron chi connectivity index (χ4n) is 8.66. The molecule has 3 N–H and O–H groups in total. The average molecular weight is 681 g/mol. The molecule has 4 aromatic rings. The van der Waals surface area contributed by atoms with Crippen molar-refractivity contribution in [3.63, 3.8) is 0 Å². The molecule has 4 fully saturated rings. The van der Waals surface area contributed by atoms with Crippen molar-refractivity contribution in [2.45, 2.75) is 75.5 Å². The molecule has 1 aromatic carbocycles. The molecule has 8 rings (SSSR count). The van der Waals surface area contributed by atoms with Gasteiger partial charge in [-0.15, -0.1) is 0 Å². The standard InChI is InChI=1S/C34H39ClF2N8O3/c35-24-12-25-22(15-40-43-25)28(21(24)4-1-2-5-27(46)45-11-7-19-6-9-38-16-26(19)45)31-29(37)30-23(14-39-31)32(47)42-33(41-30)48-18-34-8-3-10-44(34)17-20(36)13-34/h12,14-15,19-20,26,38H,1-11,13,16-18H2,(H,40,43)(H,41,42,47)/t19-,20+,26-,34-/m0/s1. The number of piperidine rings is 1. The summed E-state index contributed by atoms with van der Waals surface area (Å²) >= 11 is 6.81. The Hall–Kier alpha value is -3.68. The van der Waals surface area contributed by atoms with Crippen molar-refractivity contribution < 1.29 is 18.3 Å². The fourth-order valence-corrected chi connectivity index (χ4v) is 8.95. The van der Waals surface area contributed by atoms with Gasteiger partial charge >= 0.3 is 0 Å². The van der Waals surface area contributed by atoms with Crippen LogP contribution in [0.1, 0.15) is 56.9 Å². The summed E-state index contributed by atoms with van der Waals surface area (Å²) in [6.45, 7) is 4.00. The van der Waals surface area contributed by atoms with Crippen molar-refractivity contribution in [2.75, 3.05) is 39.3 Å². The zero-order valence-electron chi connectivity index (χ0n) is 26.7. The SMILES string of the molecule is O=C(CCCCc1c(Cl)cc2[nH]ncc2c1-c1ncc2c(=O)[nH]c(OC[C@@]34CCCN3C[C@H](F)C4)nc2c1F)N1CC[C@@H]2CCNC[C@@H]21. The molecule has 14 heteroatoms. The van der Waals surface area contributed by atoms with Gasteiger partial charge in [-0.25, -0.2) is 8.78 Å². The van der Waals surface area contributed by atoms with E-state index in [4.69, 9.17) is 16.3 Å². The van der Waals surface area contributed by atoms with Crippen molar-refractivity contribution in [3.05, 3.63) is 45.2 Å². The van der Waals surface area contributed by atoms with E-state index in [0.717, 1.165) is 51.9 Å². The van der Waals surface area contributed by atoms with E-state index in [1.54, 1.807) is 12.3 Å². The molecule has 4 atom stereocenters. The van der Waals surface area contributed by atoms with Crippen molar-refractivity contribution in [1.29, 1.82) is 0 Å². The van der Waals surface area contributed by atoms with E-state index in [1.165, 1.54) is 6.20 Å². The molecular weight excluding hydrogens is 642 g/mol. The Morgan fingerprint density at radius 1 is 1.19 bits per heavy atom. The third-order valence-corrected chi connectivity index (χ3v) is 11.4. The molecule has 1 amide bonds. The Labute approximate surface area is 280 Å². The largest absolute Gasteiger partial charge is 0.463 e. The number of halogens is 3. The number of nitrogens with zero attached hydrogens (tertiary/aromatic N) is 5. The number of likely N-dealkylation sites (tertiary alicyclic amines) is 1. The number of benzene rings is 1. The van der Waals surface area contributed by atoms with Crippen molar-refractivity contribution in [2.24, 2.45) is 5.92 Å². The molecule has 254 valence electrons. The molecule has 11 nitrogen and oxygen atoms in total. The van der Waals surface area contributed by atoms with Crippen LogP contribution in [-0.4, -0.2) is 97.9 Å². The molecule has 0 bridgehead atoms. The highest BCUT2D eigenvalue weighted by atomic mass is 35.5. The predicted molar refractivity (Wildman–Crippen MR) is 177 cm³/mol. The van der Waals surface area contributed by atoms with Crippen LogP contribution < -0.4 is 15.6 Å². The first-order chi connectivity index (χ1) is 23.3. The minimum Gasteiger partial charge on any atom is -0.463 e. The highest BCUT2D eigenvalue weighted by Crippen LogP contribution is 2.41. The second-order valence-electron chi connectivity index (χ2n) is 13.9. The van der Waals surface area contributed by atoms with E-state index in [9.17, 15) is 14.0 Å². The maximum atomic E-state index is 16.5. The van der Waals surface area contributed by atoms with Crippen LogP contribution in [0.2, 0.25) is 5.02 Å². The maximum absolute atomic E-state index is 16.5. The van der Waals surface area contributed by atoms with Crippen LogP contribution in [-0.2, 0) is 11.2 Å². The Morgan fingerprint density at radius 2 is 2.08 bits per heavy atom. The van der Waals surface area contributed by atoms with Crippen molar-refractivity contribution >= 4 is 39.3 Å². The number of rotatable bonds is 9. The minimum absolute atomic E-state index is 0.00365. The monoisotopic (exact) mass is 680 g/mol. The summed E-state index contributed by atoms with van der Waals surface area (Å²) in [7, 11) is 0. The number of pyridine rings is 1. The lowest BCUT2D eigenvalue weighted by atomic mass is 9.93. The van der Waals surface area contributed by atoms with Crippen LogP contribution in [0.3, 0.4) is 0 Å². The summed E-state index contributed by atoms with van der Waals surface area (Å²) < 4.78 is 36.8. The van der Waals surface area contributed by atoms with Gasteiger partial charge < -0.3 is 15.0 Å². The molecule has 4 aliphatic heterocycles. The minimum atomic E-state index is -0.928. The topological polar surface area (TPSA) is 132 Å². The second kappa shape index (κ2) is 12.6. The fraction of sp³-hybridized carbons (Fsp3) is 0.559. The van der Waals surface area contributed by atoms with Crippen LogP contribution in [0.25, 0.3) is 33.1 Å². The predicted octanol–water partition coefficient (Wildman–Crippen LogP) is 4.53. The molecule has 0 unspecified atom stereocenters. The molecule has 0 saturated carbocycles. The van der Waals surface area contributed by atoms with Gasteiger partial charge in [0.1, 0.15) is 24.0 Å². The molecule has 0 spiro atoms. The van der Waals surface area contributed by atoms with Crippen LogP contribution in [0.4, 0.5) is 8.78 Å². The smallest absolute Gasteiger partial charge is 0.297 e. The van der Waals surface area contributed by atoms with Crippen LogP contribution in [0.15, 0.2) is 23.3 Å². The number of carbonyl (C=O) groups is 1. The number of aromatic nitrogens is 5. The van der Waals surface area contributed by atoms with Crippen LogP contribution in [0.5, 0.6) is 6.01 Å². The van der Waals surface area contributed by atoms with Crippen LogP contribution >= 0.6 is 11.6 Å². The molecular formula is C34H39ClF2N8O3. The third kappa shape index (κ3) is 5.53. The number of nitrogens with one attached hydrogen (secondary N) is 3. The first-order valence-electron chi connectivity index (χ1n) is 17.1. The second-order valence-corrected chi connectivity index (χ2v) is 14.3. The maximum Gasteiger partial charge on any atom is 0.297 e. The number of carbonyl (C=O) groups excluding carboxylic acids is 1.